The molecule has 0 atom stereocenters. The number of Topliss-reactive ketones (excluding diaryl/α,β-unsaturated/α-hetero) is 1. The van der Waals surface area contributed by atoms with Crippen LogP contribution in [0.1, 0.15) is 10.4 Å². The quantitative estimate of drug-likeness (QED) is 0.439. The van der Waals surface area contributed by atoms with Crippen LogP contribution in [0.2, 0.25) is 0 Å². The van der Waals surface area contributed by atoms with Crippen LogP contribution in [0.15, 0.2) is 41.0 Å². The van der Waals surface area contributed by atoms with Crippen molar-refractivity contribution in [3.8, 4) is 5.75 Å². The van der Waals surface area contributed by atoms with Crippen LogP contribution < -0.4 is 10.1 Å². The molecule has 0 aliphatic carbocycles. The summed E-state index contributed by atoms with van der Waals surface area (Å²) in [5, 5.41) is 5.47. The van der Waals surface area contributed by atoms with E-state index in [0.717, 1.165) is 15.2 Å². The fourth-order valence-corrected chi connectivity index (χ4v) is 4.18. The smallest absolute Gasteiger partial charge is 0.262 e. The minimum absolute atomic E-state index is 0.000664. The third kappa shape index (κ3) is 2.85. The molecular formula is C16H11N3O3S2. The van der Waals surface area contributed by atoms with Gasteiger partial charge in [0.05, 0.1) is 21.7 Å². The summed E-state index contributed by atoms with van der Waals surface area (Å²) in [7, 11) is 0. The van der Waals surface area contributed by atoms with E-state index in [9.17, 15) is 9.59 Å². The predicted octanol–water partition coefficient (Wildman–Crippen LogP) is 3.00. The highest BCUT2D eigenvalue weighted by Gasteiger charge is 2.18. The maximum absolute atomic E-state index is 12.4. The zero-order chi connectivity index (χ0) is 16.5. The Morgan fingerprint density at radius 3 is 3.17 bits per heavy atom. The van der Waals surface area contributed by atoms with Gasteiger partial charge in [0, 0.05) is 5.56 Å². The molecule has 24 heavy (non-hydrogen) atoms. The van der Waals surface area contributed by atoms with Crippen LogP contribution in [-0.4, -0.2) is 34.0 Å². The molecule has 1 aliphatic heterocycles. The van der Waals surface area contributed by atoms with Crippen LogP contribution in [0.5, 0.6) is 5.75 Å². The minimum Gasteiger partial charge on any atom is -0.482 e. The molecule has 0 fully saturated rings. The molecule has 1 amide bonds. The molecule has 0 bridgehead atoms. The fraction of sp³-hybridized carbons (Fsp3) is 0.125. The summed E-state index contributed by atoms with van der Waals surface area (Å²) in [6.07, 6.45) is 1.51. The average molecular weight is 357 g/mol. The second-order valence-corrected chi connectivity index (χ2v) is 6.95. The highest BCUT2D eigenvalue weighted by atomic mass is 32.2. The number of anilines is 1. The van der Waals surface area contributed by atoms with Gasteiger partial charge in [-0.15, -0.1) is 11.3 Å². The summed E-state index contributed by atoms with van der Waals surface area (Å²) in [6.45, 7) is 0.000664. The zero-order valence-corrected chi connectivity index (χ0v) is 13.9. The number of hydrogen-bond acceptors (Lipinski definition) is 7. The summed E-state index contributed by atoms with van der Waals surface area (Å²) in [5.74, 6) is 0.584. The molecule has 0 unspecified atom stereocenters. The van der Waals surface area contributed by atoms with Gasteiger partial charge in [-0.05, 0) is 29.6 Å². The molecule has 3 aromatic rings. The molecule has 1 aromatic carbocycles. The molecule has 8 heteroatoms. The molecule has 0 saturated carbocycles. The number of fused-ring (bicyclic) bond motifs is 2. The van der Waals surface area contributed by atoms with E-state index in [4.69, 9.17) is 4.74 Å². The number of ketones is 1. The minimum atomic E-state index is -0.220. The summed E-state index contributed by atoms with van der Waals surface area (Å²) >= 11 is 2.95. The first-order valence-electron chi connectivity index (χ1n) is 7.11. The number of nitrogens with one attached hydrogen (secondary N) is 1. The monoisotopic (exact) mass is 357 g/mol. The van der Waals surface area contributed by atoms with Crippen molar-refractivity contribution in [3.05, 3.63) is 41.5 Å². The number of rotatable bonds is 4. The van der Waals surface area contributed by atoms with Crippen LogP contribution in [0.25, 0.3) is 10.2 Å². The van der Waals surface area contributed by atoms with E-state index in [1.165, 1.54) is 18.1 Å². The molecule has 1 N–H and O–H groups in total. The highest BCUT2D eigenvalue weighted by Crippen LogP contribution is 2.31. The van der Waals surface area contributed by atoms with Gasteiger partial charge in [-0.2, -0.15) is 0 Å². The lowest BCUT2D eigenvalue weighted by Gasteiger charge is -2.18. The van der Waals surface area contributed by atoms with Gasteiger partial charge < -0.3 is 10.1 Å². The van der Waals surface area contributed by atoms with Gasteiger partial charge in [0.1, 0.15) is 17.1 Å². The molecule has 1 aliphatic rings. The Morgan fingerprint density at radius 2 is 2.25 bits per heavy atom. The number of carbonyl (C=O) groups is 2. The van der Waals surface area contributed by atoms with Crippen molar-refractivity contribution in [3.63, 3.8) is 0 Å². The molecule has 0 radical (unpaired) electrons. The van der Waals surface area contributed by atoms with Crippen LogP contribution in [0.4, 0.5) is 5.69 Å². The van der Waals surface area contributed by atoms with Crippen molar-refractivity contribution < 1.29 is 14.3 Å². The Labute approximate surface area is 145 Å². The summed E-state index contributed by atoms with van der Waals surface area (Å²) in [6, 6.07) is 6.99. The van der Waals surface area contributed by atoms with E-state index in [1.807, 2.05) is 11.4 Å². The SMILES string of the molecule is O=C1COc2ccc(C(=O)CSc3ncnc4ccsc34)cc2N1. The Bertz CT molecular complexity index is 955. The zero-order valence-electron chi connectivity index (χ0n) is 12.3. The third-order valence-corrected chi connectivity index (χ3v) is 5.51. The Morgan fingerprint density at radius 1 is 1.33 bits per heavy atom. The number of ether oxygens (including phenoxy) is 1. The van der Waals surface area contributed by atoms with Crippen molar-refractivity contribution in [2.45, 2.75) is 5.03 Å². The normalized spacial score (nSPS) is 13.2. The van der Waals surface area contributed by atoms with Gasteiger partial charge in [0.25, 0.3) is 5.91 Å². The molecule has 0 saturated heterocycles. The lowest BCUT2D eigenvalue weighted by molar-refractivity contribution is -0.118. The number of hydrogen-bond donors (Lipinski definition) is 1. The molecule has 120 valence electrons. The molecular weight excluding hydrogens is 346 g/mol. The van der Waals surface area contributed by atoms with Crippen LogP contribution in [-0.2, 0) is 4.79 Å². The lowest BCUT2D eigenvalue weighted by Crippen LogP contribution is -2.25. The first kappa shape index (κ1) is 15.1. The second-order valence-electron chi connectivity index (χ2n) is 5.07. The van der Waals surface area contributed by atoms with E-state index in [0.29, 0.717) is 17.0 Å². The fourth-order valence-electron chi connectivity index (χ4n) is 2.34. The Balaban J connectivity index is 1.51. The van der Waals surface area contributed by atoms with E-state index in [1.54, 1.807) is 29.5 Å². The molecule has 3 heterocycles. The summed E-state index contributed by atoms with van der Waals surface area (Å²) in [5.41, 5.74) is 1.95. The first-order chi connectivity index (χ1) is 11.7. The van der Waals surface area contributed by atoms with Crippen LogP contribution in [0.3, 0.4) is 0 Å². The number of benzene rings is 1. The molecule has 6 nitrogen and oxygen atoms in total. The number of carbonyl (C=O) groups excluding carboxylic acids is 2. The predicted molar refractivity (Wildman–Crippen MR) is 93.0 cm³/mol. The van der Waals surface area contributed by atoms with E-state index in [-0.39, 0.29) is 24.1 Å². The van der Waals surface area contributed by atoms with E-state index >= 15 is 0 Å². The average Bonchev–Trinajstić information content (AvgIpc) is 3.08. The largest absolute Gasteiger partial charge is 0.482 e. The van der Waals surface area contributed by atoms with Gasteiger partial charge in [-0.1, -0.05) is 11.8 Å². The first-order valence-corrected chi connectivity index (χ1v) is 8.98. The number of thioether (sulfide) groups is 1. The standard InChI is InChI=1S/C16H11N3O3S2/c20-12(7-24-16-15-10(3-4-23-15)17-8-18-16)9-1-2-13-11(5-9)19-14(21)6-22-13/h1-5,8H,6-7H2,(H,19,21). The summed E-state index contributed by atoms with van der Waals surface area (Å²) < 4.78 is 6.28. The second kappa shape index (κ2) is 6.21. The molecule has 0 spiro atoms. The van der Waals surface area contributed by atoms with Crippen LogP contribution in [0, 0.1) is 0 Å². The van der Waals surface area contributed by atoms with Crippen LogP contribution >= 0.6 is 23.1 Å². The van der Waals surface area contributed by atoms with Crippen molar-refractivity contribution in [1.82, 2.24) is 9.97 Å². The van der Waals surface area contributed by atoms with Crippen molar-refractivity contribution in [2.75, 3.05) is 17.7 Å². The highest BCUT2D eigenvalue weighted by molar-refractivity contribution is 8.00. The van der Waals surface area contributed by atoms with Gasteiger partial charge in [0.2, 0.25) is 0 Å². The number of amides is 1. The van der Waals surface area contributed by atoms with Crippen molar-refractivity contribution in [2.24, 2.45) is 0 Å². The Hall–Kier alpha value is -2.45. The van der Waals surface area contributed by atoms with Gasteiger partial charge >= 0.3 is 0 Å². The lowest BCUT2D eigenvalue weighted by atomic mass is 10.1. The van der Waals surface area contributed by atoms with Crippen molar-refractivity contribution >= 4 is 50.7 Å². The van der Waals surface area contributed by atoms with Crippen molar-refractivity contribution in [1.29, 1.82) is 0 Å². The van der Waals surface area contributed by atoms with E-state index < -0.39 is 0 Å². The number of nitrogens with zero attached hydrogens (tertiary/aromatic N) is 2. The van der Waals surface area contributed by atoms with Gasteiger partial charge in [-0.25, -0.2) is 9.97 Å². The third-order valence-electron chi connectivity index (χ3n) is 3.48. The summed E-state index contributed by atoms with van der Waals surface area (Å²) in [4.78, 5) is 32.3. The number of thiophene rings is 1. The van der Waals surface area contributed by atoms with Gasteiger partial charge in [-0.3, -0.25) is 9.59 Å². The van der Waals surface area contributed by atoms with E-state index in [2.05, 4.69) is 15.3 Å². The number of aromatic nitrogens is 2. The molecule has 2 aromatic heterocycles. The van der Waals surface area contributed by atoms with Gasteiger partial charge in [0.15, 0.2) is 12.4 Å². The maximum atomic E-state index is 12.4. The molecule has 4 rings (SSSR count). The maximum Gasteiger partial charge on any atom is 0.262 e. The Kier molecular flexibility index (Phi) is 3.91. The topological polar surface area (TPSA) is 81.2 Å².